The lowest BCUT2D eigenvalue weighted by Crippen LogP contribution is -2.27. The van der Waals surface area contributed by atoms with E-state index in [9.17, 15) is 33.1 Å². The van der Waals surface area contributed by atoms with Crippen LogP contribution in [0, 0.1) is 25.2 Å². The quantitative estimate of drug-likeness (QED) is 0.234. The van der Waals surface area contributed by atoms with Gasteiger partial charge in [-0.25, -0.2) is 9.78 Å². The van der Waals surface area contributed by atoms with Crippen LogP contribution >= 0.6 is 22.9 Å². The number of nitriles is 1. The van der Waals surface area contributed by atoms with Crippen LogP contribution in [0.1, 0.15) is 32.9 Å². The van der Waals surface area contributed by atoms with E-state index in [1.165, 1.54) is 28.2 Å². The third-order valence-corrected chi connectivity index (χ3v) is 7.71. The summed E-state index contributed by atoms with van der Waals surface area (Å²) in [6.07, 6.45) is -3.13. The number of nitrogens with zero attached hydrogens (tertiary/aromatic N) is 4. The van der Waals surface area contributed by atoms with Gasteiger partial charge in [0, 0.05) is 27.7 Å². The van der Waals surface area contributed by atoms with Crippen molar-refractivity contribution in [1.82, 2.24) is 14.5 Å². The van der Waals surface area contributed by atoms with E-state index in [4.69, 9.17) is 16.3 Å². The van der Waals surface area contributed by atoms with Gasteiger partial charge in [0.05, 0.1) is 44.4 Å². The van der Waals surface area contributed by atoms with Gasteiger partial charge in [-0.05, 0) is 49.7 Å². The second-order valence-corrected chi connectivity index (χ2v) is 10.4. The Morgan fingerprint density at radius 2 is 2.00 bits per heavy atom. The number of ether oxygens (including phenoxy) is 1. The molecule has 208 valence electrons. The number of alkyl halides is 3. The van der Waals surface area contributed by atoms with Crippen molar-refractivity contribution in [3.63, 3.8) is 0 Å². The van der Waals surface area contributed by atoms with Gasteiger partial charge in [0.2, 0.25) is 0 Å². The molecule has 0 saturated carbocycles. The molecule has 0 aliphatic rings. The number of hydrogen-bond acceptors (Lipinski definition) is 7. The molecular formula is C28H18ClF3N4O4S. The fraction of sp³-hybridized carbons (Fsp3) is 0.179. The van der Waals surface area contributed by atoms with E-state index in [0.717, 1.165) is 11.6 Å². The standard InChI is InChI=1S/C28H18ClF3N4O4S/c1-13-11-34-24-19(27(38)39)12-41-25(24)22(13)18-9-17(29)3-4-21(18)40-6-5-36-14(2)35-20-8-16(28(30,31)32)7-15(10-33)23(20)26(36)37/h3-4,7-9,11-12H,5-6H2,1-2H3,(H,38,39). The van der Waals surface area contributed by atoms with Crippen LogP contribution in [0.5, 0.6) is 5.75 Å². The van der Waals surface area contributed by atoms with Gasteiger partial charge < -0.3 is 9.84 Å². The average molecular weight is 599 g/mol. The summed E-state index contributed by atoms with van der Waals surface area (Å²) in [5.41, 5.74) is 0.0967. The number of aromatic carboxylic acids is 1. The maximum Gasteiger partial charge on any atom is 0.416 e. The van der Waals surface area contributed by atoms with Crippen LogP contribution in [-0.4, -0.2) is 32.2 Å². The first-order valence-corrected chi connectivity index (χ1v) is 13.2. The molecule has 5 rings (SSSR count). The number of aryl methyl sites for hydroxylation is 2. The Hall–Kier alpha value is -4.47. The van der Waals surface area contributed by atoms with Crippen molar-refractivity contribution < 1.29 is 27.8 Å². The maximum atomic E-state index is 13.3. The van der Waals surface area contributed by atoms with Crippen LogP contribution in [0.25, 0.3) is 32.2 Å². The van der Waals surface area contributed by atoms with Gasteiger partial charge in [-0.3, -0.25) is 14.3 Å². The molecule has 0 fully saturated rings. The lowest BCUT2D eigenvalue weighted by Gasteiger charge is -2.16. The molecule has 5 aromatic rings. The zero-order chi connectivity index (χ0) is 29.6. The summed E-state index contributed by atoms with van der Waals surface area (Å²) in [7, 11) is 0. The van der Waals surface area contributed by atoms with Gasteiger partial charge in [0.1, 0.15) is 24.3 Å². The van der Waals surface area contributed by atoms with Crippen molar-refractivity contribution >= 4 is 50.0 Å². The molecule has 1 N–H and O–H groups in total. The molecule has 3 heterocycles. The molecule has 0 aliphatic heterocycles. The highest BCUT2D eigenvalue weighted by Gasteiger charge is 2.32. The van der Waals surface area contributed by atoms with Crippen molar-refractivity contribution in [1.29, 1.82) is 5.26 Å². The van der Waals surface area contributed by atoms with Crippen molar-refractivity contribution in [3.05, 3.63) is 85.4 Å². The molecule has 41 heavy (non-hydrogen) atoms. The van der Waals surface area contributed by atoms with Crippen molar-refractivity contribution in [2.75, 3.05) is 6.61 Å². The van der Waals surface area contributed by atoms with E-state index in [1.54, 1.807) is 30.5 Å². The zero-order valence-corrected chi connectivity index (χ0v) is 22.9. The first-order chi connectivity index (χ1) is 19.4. The van der Waals surface area contributed by atoms with Gasteiger partial charge in [-0.1, -0.05) is 11.6 Å². The number of pyridine rings is 1. The van der Waals surface area contributed by atoms with E-state index >= 15 is 0 Å². The van der Waals surface area contributed by atoms with E-state index in [-0.39, 0.29) is 35.4 Å². The largest absolute Gasteiger partial charge is 0.491 e. The third-order valence-electron chi connectivity index (χ3n) is 6.48. The van der Waals surface area contributed by atoms with Crippen LogP contribution in [0.15, 0.2) is 46.7 Å². The highest BCUT2D eigenvalue weighted by Crippen LogP contribution is 2.41. The minimum absolute atomic E-state index is 0.0194. The number of carbonyl (C=O) groups is 1. The summed E-state index contributed by atoms with van der Waals surface area (Å²) in [4.78, 5) is 33.4. The molecular weight excluding hydrogens is 581 g/mol. The van der Waals surface area contributed by atoms with Crippen molar-refractivity contribution in [2.24, 2.45) is 0 Å². The Morgan fingerprint density at radius 3 is 2.68 bits per heavy atom. The molecule has 13 heteroatoms. The Balaban J connectivity index is 1.51. The normalized spacial score (nSPS) is 11.6. The van der Waals surface area contributed by atoms with Crippen LogP contribution in [0.3, 0.4) is 0 Å². The fourth-order valence-corrected chi connectivity index (χ4v) is 5.87. The van der Waals surface area contributed by atoms with Crippen LogP contribution in [0.2, 0.25) is 5.02 Å². The average Bonchev–Trinajstić information content (AvgIpc) is 3.34. The predicted molar refractivity (Wildman–Crippen MR) is 148 cm³/mol. The van der Waals surface area contributed by atoms with E-state index < -0.39 is 28.8 Å². The second kappa shape index (κ2) is 10.5. The number of thiophene rings is 1. The Morgan fingerprint density at radius 1 is 1.24 bits per heavy atom. The van der Waals surface area contributed by atoms with Crippen LogP contribution in [0.4, 0.5) is 13.2 Å². The highest BCUT2D eigenvalue weighted by molar-refractivity contribution is 7.18. The highest BCUT2D eigenvalue weighted by atomic mass is 35.5. The molecule has 0 amide bonds. The summed E-state index contributed by atoms with van der Waals surface area (Å²) in [5.74, 6) is -0.542. The lowest BCUT2D eigenvalue weighted by atomic mass is 10.00. The molecule has 2 aromatic carbocycles. The molecule has 0 radical (unpaired) electrons. The first-order valence-electron chi connectivity index (χ1n) is 12.0. The lowest BCUT2D eigenvalue weighted by molar-refractivity contribution is -0.137. The fourth-order valence-electron chi connectivity index (χ4n) is 4.59. The number of hydrogen-bond donors (Lipinski definition) is 1. The Kier molecular flexibility index (Phi) is 7.19. The Labute approximate surface area is 238 Å². The van der Waals surface area contributed by atoms with Crippen molar-refractivity contribution in [2.45, 2.75) is 26.6 Å². The summed E-state index contributed by atoms with van der Waals surface area (Å²) in [5, 5.41) is 20.7. The number of carboxylic acid groups (broad SMARTS) is 1. The third kappa shape index (κ3) is 5.10. The molecule has 0 aliphatic carbocycles. The number of halogens is 4. The van der Waals surface area contributed by atoms with Gasteiger partial charge in [-0.15, -0.1) is 11.3 Å². The van der Waals surface area contributed by atoms with Gasteiger partial charge in [-0.2, -0.15) is 18.4 Å². The summed E-state index contributed by atoms with van der Waals surface area (Å²) in [6, 6.07) is 8.02. The van der Waals surface area contributed by atoms with Gasteiger partial charge in [0.15, 0.2) is 0 Å². The predicted octanol–water partition coefficient (Wildman–Crippen LogP) is 6.61. The van der Waals surface area contributed by atoms with E-state index in [1.807, 2.05) is 6.92 Å². The van der Waals surface area contributed by atoms with Crippen molar-refractivity contribution in [3.8, 4) is 22.9 Å². The van der Waals surface area contributed by atoms with E-state index in [2.05, 4.69) is 9.97 Å². The molecule has 0 spiro atoms. The number of carboxylic acids is 1. The van der Waals surface area contributed by atoms with E-state index in [0.29, 0.717) is 38.2 Å². The van der Waals surface area contributed by atoms with Gasteiger partial charge in [0.25, 0.3) is 5.56 Å². The topological polar surface area (TPSA) is 118 Å². The number of benzene rings is 2. The molecule has 0 unspecified atom stereocenters. The molecule has 8 nitrogen and oxygen atoms in total. The van der Waals surface area contributed by atoms with Crippen LogP contribution < -0.4 is 10.3 Å². The minimum Gasteiger partial charge on any atom is -0.491 e. The number of rotatable bonds is 6. The first kappa shape index (κ1) is 28.1. The maximum absolute atomic E-state index is 13.3. The summed E-state index contributed by atoms with van der Waals surface area (Å²) < 4.78 is 47.8. The molecule has 0 saturated heterocycles. The molecule has 3 aromatic heterocycles. The smallest absolute Gasteiger partial charge is 0.416 e. The van der Waals surface area contributed by atoms with Gasteiger partial charge >= 0.3 is 12.1 Å². The summed E-state index contributed by atoms with van der Waals surface area (Å²) >= 11 is 7.54. The number of fused-ring (bicyclic) bond motifs is 2. The SMILES string of the molecule is Cc1cnc2c(C(=O)O)csc2c1-c1cc(Cl)ccc1OCCn1c(C)nc2cc(C(F)(F)F)cc(C#N)c2c1=O. The minimum atomic E-state index is -4.70. The molecule has 0 bridgehead atoms. The molecule has 0 atom stereocenters. The summed E-state index contributed by atoms with van der Waals surface area (Å²) in [6.45, 7) is 3.25. The van der Waals surface area contributed by atoms with Crippen LogP contribution in [-0.2, 0) is 12.7 Å². The number of aromatic nitrogens is 3. The zero-order valence-electron chi connectivity index (χ0n) is 21.3. The second-order valence-electron chi connectivity index (χ2n) is 9.08. The monoisotopic (exact) mass is 598 g/mol. The Bertz CT molecular complexity index is 1980.